The van der Waals surface area contributed by atoms with Gasteiger partial charge in [-0.2, -0.15) is 0 Å². The van der Waals surface area contributed by atoms with Crippen LogP contribution in [0, 0.1) is 0 Å². The number of carbonyl (C=O) groups excluding carboxylic acids is 1. The lowest BCUT2D eigenvalue weighted by atomic mass is 10.4. The van der Waals surface area contributed by atoms with Gasteiger partial charge in [0.15, 0.2) is 0 Å². The summed E-state index contributed by atoms with van der Waals surface area (Å²) in [7, 11) is 0. The first-order valence-electron chi connectivity index (χ1n) is 3.49. The molecule has 0 fully saturated rings. The van der Waals surface area contributed by atoms with Crippen molar-refractivity contribution >= 4 is 24.1 Å². The summed E-state index contributed by atoms with van der Waals surface area (Å²) in [6.07, 6.45) is 0. The van der Waals surface area contributed by atoms with Gasteiger partial charge < -0.3 is 20.3 Å². The normalized spacial score (nSPS) is 13.8. The summed E-state index contributed by atoms with van der Waals surface area (Å²) in [6.45, 7) is -2.32. The van der Waals surface area contributed by atoms with Crippen LogP contribution in [0.3, 0.4) is 0 Å². The third kappa shape index (κ3) is 7.04. The Morgan fingerprint density at radius 1 is 1.69 bits per heavy atom. The van der Waals surface area contributed by atoms with Crippen LogP contribution in [0.4, 0.5) is 0 Å². The van der Waals surface area contributed by atoms with Gasteiger partial charge in [0.1, 0.15) is 6.04 Å². The highest BCUT2D eigenvalue weighted by atomic mass is 32.7. The molecule has 0 aliphatic heterocycles. The maximum absolute atomic E-state index is 10.8. The van der Waals surface area contributed by atoms with E-state index in [2.05, 4.69) is 4.74 Å². The molecule has 1 unspecified atom stereocenters. The van der Waals surface area contributed by atoms with E-state index in [1.54, 1.807) is 6.92 Å². The second-order valence-corrected chi connectivity index (χ2v) is 5.92. The lowest BCUT2D eigenvalue weighted by Crippen LogP contribution is -2.34. The fraction of sp³-hybridized carbons (Fsp3) is 0.800. The zero-order valence-corrected chi connectivity index (χ0v) is 8.75. The first-order chi connectivity index (χ1) is 5.87. The van der Waals surface area contributed by atoms with Gasteiger partial charge >= 0.3 is 12.8 Å². The summed E-state index contributed by atoms with van der Waals surface area (Å²) in [5.41, 5.74) is 5.27. The monoisotopic (exact) mass is 229 g/mol. The number of hydrogen-bond donors (Lipinski definition) is 3. The fourth-order valence-corrected chi connectivity index (χ4v) is 2.05. The number of rotatable bonds is 5. The zero-order valence-electron chi connectivity index (χ0n) is 7.04. The SMILES string of the molecule is CCOC(=O)C(N)CSP(=O)(O)O. The van der Waals surface area contributed by atoms with E-state index in [1.165, 1.54) is 0 Å². The van der Waals surface area contributed by atoms with Crippen molar-refractivity contribution in [3.05, 3.63) is 0 Å². The average molecular weight is 229 g/mol. The quantitative estimate of drug-likeness (QED) is 0.438. The summed E-state index contributed by atoms with van der Waals surface area (Å²) >= 11 is 0.337. The van der Waals surface area contributed by atoms with Crippen LogP contribution >= 0.6 is 18.2 Å². The van der Waals surface area contributed by atoms with Gasteiger partial charge in [-0.25, -0.2) is 4.57 Å². The Labute approximate surface area is 79.7 Å². The predicted octanol–water partition coefficient (Wildman–Crippen LogP) is -0.297. The molecule has 0 heterocycles. The molecule has 6 nitrogen and oxygen atoms in total. The molecule has 0 bridgehead atoms. The Morgan fingerprint density at radius 2 is 2.23 bits per heavy atom. The lowest BCUT2D eigenvalue weighted by molar-refractivity contribution is -0.144. The number of hydrogen-bond acceptors (Lipinski definition) is 5. The summed E-state index contributed by atoms with van der Waals surface area (Å²) in [6, 6.07) is -0.988. The molecule has 1 atom stereocenters. The molecule has 8 heteroatoms. The van der Waals surface area contributed by atoms with Crippen LogP contribution in [0.1, 0.15) is 6.92 Å². The minimum atomic E-state index is -4.15. The maximum Gasteiger partial charge on any atom is 0.384 e. The van der Waals surface area contributed by atoms with E-state index < -0.39 is 18.8 Å². The molecule has 0 spiro atoms. The second-order valence-electron chi connectivity index (χ2n) is 2.14. The van der Waals surface area contributed by atoms with E-state index in [9.17, 15) is 9.36 Å². The molecule has 0 saturated heterocycles. The predicted molar refractivity (Wildman–Crippen MR) is 49.1 cm³/mol. The van der Waals surface area contributed by atoms with Crippen molar-refractivity contribution in [2.45, 2.75) is 13.0 Å². The first-order valence-corrected chi connectivity index (χ1v) is 6.69. The molecule has 4 N–H and O–H groups in total. The molecule has 0 aromatic carbocycles. The molecule has 0 rings (SSSR count). The third-order valence-corrected chi connectivity index (χ3v) is 3.31. The van der Waals surface area contributed by atoms with Gasteiger partial charge in [0.25, 0.3) is 0 Å². The Morgan fingerprint density at radius 3 is 2.62 bits per heavy atom. The van der Waals surface area contributed by atoms with E-state index >= 15 is 0 Å². The van der Waals surface area contributed by atoms with Crippen molar-refractivity contribution in [3.63, 3.8) is 0 Å². The van der Waals surface area contributed by atoms with Crippen LogP contribution in [0.5, 0.6) is 0 Å². The number of nitrogens with two attached hydrogens (primary N) is 1. The van der Waals surface area contributed by atoms with Gasteiger partial charge in [-0.05, 0) is 18.3 Å². The summed E-state index contributed by atoms with van der Waals surface area (Å²) in [5.74, 6) is -0.799. The lowest BCUT2D eigenvalue weighted by Gasteiger charge is -2.09. The Hall–Kier alpha value is -0.0700. The fourth-order valence-electron chi connectivity index (χ4n) is 0.495. The average Bonchev–Trinajstić information content (AvgIpc) is 1.99. The minimum Gasteiger partial charge on any atom is -0.465 e. The van der Waals surface area contributed by atoms with Crippen molar-refractivity contribution < 1.29 is 23.9 Å². The first kappa shape index (κ1) is 12.9. The summed E-state index contributed by atoms with van der Waals surface area (Å²) < 4.78 is 14.9. The Bertz CT molecular complexity index is 217. The Kier molecular flexibility index (Phi) is 5.59. The van der Waals surface area contributed by atoms with Crippen LogP contribution in [0.15, 0.2) is 0 Å². The molecule has 78 valence electrons. The van der Waals surface area contributed by atoms with Gasteiger partial charge in [-0.15, -0.1) is 0 Å². The molecule has 0 aromatic rings. The van der Waals surface area contributed by atoms with Crippen LogP contribution < -0.4 is 5.73 Å². The smallest absolute Gasteiger partial charge is 0.384 e. The van der Waals surface area contributed by atoms with Crippen LogP contribution in [-0.4, -0.2) is 34.2 Å². The summed E-state index contributed by atoms with van der Waals surface area (Å²) in [4.78, 5) is 27.7. The standard InChI is InChI=1S/C5H12NO5PS/c1-2-11-5(7)4(6)3-13-12(8,9)10/h4H,2-3,6H2,1H3,(H2,8,9,10). The molecule has 0 aliphatic rings. The zero-order chi connectivity index (χ0) is 10.5. The van der Waals surface area contributed by atoms with Gasteiger partial charge in [-0.1, -0.05) is 0 Å². The molecular weight excluding hydrogens is 217 g/mol. The van der Waals surface area contributed by atoms with Crippen LogP contribution in [-0.2, 0) is 14.1 Å². The van der Waals surface area contributed by atoms with Crippen molar-refractivity contribution in [2.24, 2.45) is 5.73 Å². The minimum absolute atomic E-state index is 0.150. The molecule has 0 saturated carbocycles. The molecular formula is C5H12NO5PS. The molecule has 0 aliphatic carbocycles. The highest BCUT2D eigenvalue weighted by Gasteiger charge is 2.21. The molecule has 0 amide bonds. The van der Waals surface area contributed by atoms with E-state index in [1.807, 2.05) is 0 Å². The topological polar surface area (TPSA) is 110 Å². The van der Waals surface area contributed by atoms with Crippen molar-refractivity contribution in [3.8, 4) is 0 Å². The number of ether oxygens (including phenoxy) is 1. The van der Waals surface area contributed by atoms with Gasteiger partial charge in [0.2, 0.25) is 0 Å². The Balaban J connectivity index is 3.81. The highest BCUT2D eigenvalue weighted by molar-refractivity contribution is 8.54. The van der Waals surface area contributed by atoms with E-state index in [0.717, 1.165) is 0 Å². The number of carbonyl (C=O) groups is 1. The molecule has 0 aromatic heterocycles. The highest BCUT2D eigenvalue weighted by Crippen LogP contribution is 2.50. The van der Waals surface area contributed by atoms with Crippen molar-refractivity contribution in [2.75, 3.05) is 12.4 Å². The van der Waals surface area contributed by atoms with E-state index in [0.29, 0.717) is 11.4 Å². The third-order valence-electron chi connectivity index (χ3n) is 1.01. The maximum atomic E-state index is 10.8. The second kappa shape index (κ2) is 5.62. The van der Waals surface area contributed by atoms with Crippen molar-refractivity contribution in [1.29, 1.82) is 0 Å². The largest absolute Gasteiger partial charge is 0.465 e. The number of esters is 1. The van der Waals surface area contributed by atoms with Gasteiger partial charge in [-0.3, -0.25) is 4.79 Å². The summed E-state index contributed by atoms with van der Waals surface area (Å²) in [5, 5.41) is 0. The van der Waals surface area contributed by atoms with Crippen LogP contribution in [0.2, 0.25) is 0 Å². The van der Waals surface area contributed by atoms with E-state index in [4.69, 9.17) is 15.5 Å². The van der Waals surface area contributed by atoms with Gasteiger partial charge in [0, 0.05) is 5.75 Å². The molecule has 13 heavy (non-hydrogen) atoms. The van der Waals surface area contributed by atoms with Crippen molar-refractivity contribution in [1.82, 2.24) is 0 Å². The van der Waals surface area contributed by atoms with Crippen LogP contribution in [0.25, 0.3) is 0 Å². The van der Waals surface area contributed by atoms with E-state index in [-0.39, 0.29) is 12.4 Å². The molecule has 0 radical (unpaired) electrons. The van der Waals surface area contributed by atoms with Gasteiger partial charge in [0.05, 0.1) is 6.61 Å².